The smallest absolute Gasteiger partial charge is 0.225 e. The van der Waals surface area contributed by atoms with Crippen LogP contribution in [0.2, 0.25) is 0 Å². The van der Waals surface area contributed by atoms with Crippen molar-refractivity contribution < 1.29 is 4.74 Å². The molecule has 0 saturated carbocycles. The van der Waals surface area contributed by atoms with E-state index in [1.165, 1.54) is 5.56 Å². The van der Waals surface area contributed by atoms with Gasteiger partial charge in [-0.2, -0.15) is 0 Å². The number of anilines is 1. The maximum Gasteiger partial charge on any atom is 0.225 e. The number of rotatable bonds is 9. The minimum Gasteiger partial charge on any atom is -0.496 e. The minimum atomic E-state index is 0.770. The number of piperazine rings is 1. The molecule has 0 atom stereocenters. The molecule has 0 unspecified atom stereocenters. The van der Waals surface area contributed by atoms with E-state index in [1.807, 2.05) is 24.3 Å². The monoisotopic (exact) mass is 411 g/mol. The molecule has 8 heteroatoms. The van der Waals surface area contributed by atoms with Crippen molar-refractivity contribution in [2.45, 2.75) is 13.3 Å². The number of hydrogen-bond donors (Lipinski definition) is 2. The Hall–Kier alpha value is -2.87. The molecule has 1 aliphatic heterocycles. The van der Waals surface area contributed by atoms with Crippen LogP contribution in [0.15, 0.2) is 47.7 Å². The number of ether oxygens (including phenoxy) is 1. The second-order valence-corrected chi connectivity index (χ2v) is 7.13. The molecule has 30 heavy (non-hydrogen) atoms. The maximum absolute atomic E-state index is 5.43. The van der Waals surface area contributed by atoms with Gasteiger partial charge in [-0.3, -0.25) is 9.89 Å². The fourth-order valence-electron chi connectivity index (χ4n) is 3.50. The molecule has 0 amide bonds. The van der Waals surface area contributed by atoms with Crippen molar-refractivity contribution in [3.05, 3.63) is 48.3 Å². The minimum absolute atomic E-state index is 0.770. The number of benzene rings is 1. The van der Waals surface area contributed by atoms with Gasteiger partial charge in [-0.05, 0) is 31.0 Å². The van der Waals surface area contributed by atoms with Crippen LogP contribution in [0, 0.1) is 0 Å². The predicted molar refractivity (Wildman–Crippen MR) is 121 cm³/mol. The highest BCUT2D eigenvalue weighted by Crippen LogP contribution is 2.17. The van der Waals surface area contributed by atoms with Crippen LogP contribution in [0.1, 0.15) is 12.5 Å². The number of hydrogen-bond acceptors (Lipinski definition) is 6. The number of aromatic nitrogens is 2. The van der Waals surface area contributed by atoms with Crippen LogP contribution in [-0.2, 0) is 6.42 Å². The molecule has 1 aromatic heterocycles. The van der Waals surface area contributed by atoms with Gasteiger partial charge in [-0.25, -0.2) is 9.97 Å². The molecular weight excluding hydrogens is 378 g/mol. The van der Waals surface area contributed by atoms with Crippen LogP contribution in [0.3, 0.4) is 0 Å². The number of para-hydroxylation sites is 1. The average molecular weight is 412 g/mol. The Morgan fingerprint density at radius 2 is 1.83 bits per heavy atom. The first-order valence-corrected chi connectivity index (χ1v) is 10.7. The fourth-order valence-corrected chi connectivity index (χ4v) is 3.50. The van der Waals surface area contributed by atoms with Crippen LogP contribution < -0.4 is 20.3 Å². The van der Waals surface area contributed by atoms with Crippen molar-refractivity contribution in [3.8, 4) is 5.75 Å². The van der Waals surface area contributed by atoms with Crippen molar-refractivity contribution in [1.29, 1.82) is 0 Å². The summed E-state index contributed by atoms with van der Waals surface area (Å²) < 4.78 is 5.43. The molecule has 2 N–H and O–H groups in total. The molecule has 0 aliphatic carbocycles. The first-order valence-electron chi connectivity index (χ1n) is 10.7. The van der Waals surface area contributed by atoms with Crippen LogP contribution in [0.5, 0.6) is 5.75 Å². The zero-order valence-corrected chi connectivity index (χ0v) is 18.0. The normalized spacial score (nSPS) is 15.1. The molecule has 2 heterocycles. The van der Waals surface area contributed by atoms with Crippen LogP contribution in [-0.4, -0.2) is 80.3 Å². The van der Waals surface area contributed by atoms with Crippen molar-refractivity contribution in [2.75, 3.05) is 64.4 Å². The van der Waals surface area contributed by atoms with Gasteiger partial charge >= 0.3 is 0 Å². The Morgan fingerprint density at radius 3 is 2.57 bits per heavy atom. The molecule has 1 saturated heterocycles. The molecule has 1 fully saturated rings. The van der Waals surface area contributed by atoms with E-state index < -0.39 is 0 Å². The molecular formula is C22H33N7O. The molecule has 0 bridgehead atoms. The zero-order chi connectivity index (χ0) is 21.0. The van der Waals surface area contributed by atoms with E-state index in [0.717, 1.165) is 76.4 Å². The van der Waals surface area contributed by atoms with Gasteiger partial charge in [0.15, 0.2) is 5.96 Å². The molecule has 1 aliphatic rings. The van der Waals surface area contributed by atoms with Crippen molar-refractivity contribution in [2.24, 2.45) is 4.99 Å². The van der Waals surface area contributed by atoms with Gasteiger partial charge in [-0.15, -0.1) is 0 Å². The summed E-state index contributed by atoms with van der Waals surface area (Å²) >= 11 is 0. The Kier molecular flexibility index (Phi) is 8.71. The van der Waals surface area contributed by atoms with Gasteiger partial charge in [0.1, 0.15) is 5.75 Å². The highest BCUT2D eigenvalue weighted by atomic mass is 16.5. The molecule has 1 aromatic carbocycles. The van der Waals surface area contributed by atoms with Gasteiger partial charge in [0.2, 0.25) is 5.95 Å². The lowest BCUT2D eigenvalue weighted by Gasteiger charge is -2.34. The van der Waals surface area contributed by atoms with Crippen LogP contribution in [0.4, 0.5) is 5.95 Å². The summed E-state index contributed by atoms with van der Waals surface area (Å²) in [6.07, 6.45) is 4.48. The first-order chi connectivity index (χ1) is 14.8. The van der Waals surface area contributed by atoms with Crippen molar-refractivity contribution >= 4 is 11.9 Å². The van der Waals surface area contributed by atoms with E-state index in [0.29, 0.717) is 0 Å². The summed E-state index contributed by atoms with van der Waals surface area (Å²) in [6.45, 7) is 9.37. The number of nitrogens with zero attached hydrogens (tertiary/aromatic N) is 5. The van der Waals surface area contributed by atoms with Gasteiger partial charge in [-0.1, -0.05) is 18.2 Å². The highest BCUT2D eigenvalue weighted by molar-refractivity contribution is 5.79. The third kappa shape index (κ3) is 6.59. The van der Waals surface area contributed by atoms with Gasteiger partial charge in [0.05, 0.1) is 13.7 Å². The van der Waals surface area contributed by atoms with E-state index in [9.17, 15) is 0 Å². The number of aliphatic imine (C=N–C) groups is 1. The van der Waals surface area contributed by atoms with Gasteiger partial charge < -0.3 is 20.3 Å². The SMILES string of the molecule is CCNC(=NCCN1CCN(c2ncccn2)CC1)NCCc1ccccc1OC. The quantitative estimate of drug-likeness (QED) is 0.477. The molecule has 0 spiro atoms. The average Bonchev–Trinajstić information content (AvgIpc) is 2.80. The Bertz CT molecular complexity index is 776. The molecule has 162 valence electrons. The molecule has 2 aromatic rings. The summed E-state index contributed by atoms with van der Waals surface area (Å²) in [6, 6.07) is 9.99. The fraction of sp³-hybridized carbons (Fsp3) is 0.500. The predicted octanol–water partition coefficient (Wildman–Crippen LogP) is 1.41. The van der Waals surface area contributed by atoms with E-state index >= 15 is 0 Å². The second-order valence-electron chi connectivity index (χ2n) is 7.13. The second kappa shape index (κ2) is 12.0. The Labute approximate surface area is 179 Å². The standard InChI is InChI=1S/C22H33N7O/c1-3-23-21(24-12-9-19-7-4-5-8-20(19)30-2)25-13-14-28-15-17-29(18-16-28)22-26-10-6-11-27-22/h4-8,10-11H,3,9,12-18H2,1-2H3,(H2,23,24,25). The largest absolute Gasteiger partial charge is 0.496 e. The van der Waals surface area contributed by atoms with Crippen molar-refractivity contribution in [1.82, 2.24) is 25.5 Å². The summed E-state index contributed by atoms with van der Waals surface area (Å²) in [5.41, 5.74) is 1.20. The van der Waals surface area contributed by atoms with E-state index in [4.69, 9.17) is 9.73 Å². The van der Waals surface area contributed by atoms with Crippen LogP contribution in [0.25, 0.3) is 0 Å². The van der Waals surface area contributed by atoms with E-state index in [-0.39, 0.29) is 0 Å². The number of guanidine groups is 1. The van der Waals surface area contributed by atoms with Crippen molar-refractivity contribution in [3.63, 3.8) is 0 Å². The summed E-state index contributed by atoms with van der Waals surface area (Å²) in [7, 11) is 1.71. The Morgan fingerprint density at radius 1 is 1.07 bits per heavy atom. The molecule has 3 rings (SSSR count). The summed E-state index contributed by atoms with van der Waals surface area (Å²) in [5.74, 6) is 2.62. The summed E-state index contributed by atoms with van der Waals surface area (Å²) in [5, 5.41) is 6.75. The third-order valence-electron chi connectivity index (χ3n) is 5.12. The van der Waals surface area contributed by atoms with Crippen LogP contribution >= 0.6 is 0 Å². The lowest BCUT2D eigenvalue weighted by molar-refractivity contribution is 0.263. The number of methoxy groups -OCH3 is 1. The third-order valence-corrected chi connectivity index (χ3v) is 5.12. The lowest BCUT2D eigenvalue weighted by Crippen LogP contribution is -2.47. The Balaban J connectivity index is 1.40. The van der Waals surface area contributed by atoms with E-state index in [1.54, 1.807) is 19.5 Å². The van der Waals surface area contributed by atoms with Gasteiger partial charge in [0.25, 0.3) is 0 Å². The molecule has 0 radical (unpaired) electrons. The van der Waals surface area contributed by atoms with Gasteiger partial charge in [0, 0.05) is 58.2 Å². The zero-order valence-electron chi connectivity index (χ0n) is 18.0. The first kappa shape index (κ1) is 21.8. The lowest BCUT2D eigenvalue weighted by atomic mass is 10.1. The number of nitrogens with one attached hydrogen (secondary N) is 2. The van der Waals surface area contributed by atoms with E-state index in [2.05, 4.69) is 43.4 Å². The summed E-state index contributed by atoms with van der Waals surface area (Å²) in [4.78, 5) is 18.1. The highest BCUT2D eigenvalue weighted by Gasteiger charge is 2.18. The molecule has 8 nitrogen and oxygen atoms in total. The maximum atomic E-state index is 5.43. The topological polar surface area (TPSA) is 77.9 Å².